The molecular formula is C14H25N3O2. The van der Waals surface area contributed by atoms with E-state index >= 15 is 0 Å². The Hall–Kier alpha value is -0.910. The Morgan fingerprint density at radius 1 is 1.47 bits per heavy atom. The van der Waals surface area contributed by atoms with Crippen LogP contribution in [0.5, 0.6) is 0 Å². The molecule has 1 fully saturated rings. The van der Waals surface area contributed by atoms with Crippen molar-refractivity contribution in [1.29, 1.82) is 0 Å². The van der Waals surface area contributed by atoms with Crippen LogP contribution in [0.15, 0.2) is 12.4 Å². The number of aryl methyl sites for hydroxylation is 2. The largest absolute Gasteiger partial charge is 0.385 e. The molecule has 0 bridgehead atoms. The van der Waals surface area contributed by atoms with Gasteiger partial charge in [0.2, 0.25) is 0 Å². The molecule has 1 aliphatic heterocycles. The Morgan fingerprint density at radius 2 is 2.37 bits per heavy atom. The normalized spacial score (nSPS) is 20.8. The fraction of sp³-hybridized carbons (Fsp3) is 0.786. The first-order valence-corrected chi connectivity index (χ1v) is 7.10. The minimum atomic E-state index is 0.334. The van der Waals surface area contributed by atoms with Crippen LogP contribution in [0, 0.1) is 6.92 Å². The van der Waals surface area contributed by atoms with E-state index in [0.717, 1.165) is 52.2 Å². The molecule has 1 atom stereocenters. The van der Waals surface area contributed by atoms with Crippen molar-refractivity contribution in [1.82, 2.24) is 14.7 Å². The predicted octanol–water partition coefficient (Wildman–Crippen LogP) is 1.32. The molecule has 1 aromatic heterocycles. The van der Waals surface area contributed by atoms with E-state index in [0.29, 0.717) is 6.10 Å². The van der Waals surface area contributed by atoms with Crippen LogP contribution in [0.2, 0.25) is 0 Å². The van der Waals surface area contributed by atoms with Gasteiger partial charge in [0, 0.05) is 46.1 Å². The van der Waals surface area contributed by atoms with E-state index in [2.05, 4.69) is 23.1 Å². The number of hydrogen-bond acceptors (Lipinski definition) is 4. The van der Waals surface area contributed by atoms with Gasteiger partial charge in [-0.15, -0.1) is 0 Å². The average Bonchev–Trinajstić information content (AvgIpc) is 2.83. The summed E-state index contributed by atoms with van der Waals surface area (Å²) in [5, 5.41) is 4.31. The SMILES string of the molecule is COCC[C@H]1CN(CCCn2cc(C)cn2)CCO1. The molecule has 1 aromatic rings. The zero-order chi connectivity index (χ0) is 13.5. The van der Waals surface area contributed by atoms with Crippen LogP contribution in [0.1, 0.15) is 18.4 Å². The molecule has 1 saturated heterocycles. The van der Waals surface area contributed by atoms with E-state index in [9.17, 15) is 0 Å². The molecule has 5 heteroatoms. The van der Waals surface area contributed by atoms with Gasteiger partial charge < -0.3 is 9.47 Å². The number of methoxy groups -OCH3 is 1. The van der Waals surface area contributed by atoms with Crippen LogP contribution in [0.4, 0.5) is 0 Å². The molecular weight excluding hydrogens is 242 g/mol. The maximum Gasteiger partial charge on any atom is 0.0724 e. The molecule has 0 saturated carbocycles. The highest BCUT2D eigenvalue weighted by Gasteiger charge is 2.19. The molecule has 0 N–H and O–H groups in total. The summed E-state index contributed by atoms with van der Waals surface area (Å²) in [7, 11) is 1.74. The van der Waals surface area contributed by atoms with Crippen molar-refractivity contribution in [2.24, 2.45) is 0 Å². The minimum absolute atomic E-state index is 0.334. The highest BCUT2D eigenvalue weighted by Crippen LogP contribution is 2.09. The Morgan fingerprint density at radius 3 is 3.11 bits per heavy atom. The average molecular weight is 267 g/mol. The lowest BCUT2D eigenvalue weighted by Gasteiger charge is -2.32. The summed E-state index contributed by atoms with van der Waals surface area (Å²) in [4.78, 5) is 2.49. The number of hydrogen-bond donors (Lipinski definition) is 0. The van der Waals surface area contributed by atoms with E-state index in [1.807, 2.05) is 10.9 Å². The van der Waals surface area contributed by atoms with Crippen molar-refractivity contribution in [3.8, 4) is 0 Å². The summed E-state index contributed by atoms with van der Waals surface area (Å²) in [6.07, 6.45) is 6.47. The monoisotopic (exact) mass is 267 g/mol. The molecule has 0 spiro atoms. The van der Waals surface area contributed by atoms with Gasteiger partial charge >= 0.3 is 0 Å². The Balaban J connectivity index is 1.65. The second kappa shape index (κ2) is 7.62. The topological polar surface area (TPSA) is 39.5 Å². The molecule has 19 heavy (non-hydrogen) atoms. The third-order valence-corrected chi connectivity index (χ3v) is 3.49. The van der Waals surface area contributed by atoms with Crippen molar-refractivity contribution < 1.29 is 9.47 Å². The van der Waals surface area contributed by atoms with Gasteiger partial charge in [0.15, 0.2) is 0 Å². The van der Waals surface area contributed by atoms with Crippen LogP contribution in [-0.4, -0.2) is 60.7 Å². The zero-order valence-corrected chi connectivity index (χ0v) is 12.0. The first-order valence-electron chi connectivity index (χ1n) is 7.10. The van der Waals surface area contributed by atoms with Crippen LogP contribution in [0.25, 0.3) is 0 Å². The third-order valence-electron chi connectivity index (χ3n) is 3.49. The van der Waals surface area contributed by atoms with Gasteiger partial charge in [-0.1, -0.05) is 0 Å². The highest BCUT2D eigenvalue weighted by molar-refractivity contribution is 4.99. The van der Waals surface area contributed by atoms with Gasteiger partial charge in [-0.2, -0.15) is 5.10 Å². The summed E-state index contributed by atoms with van der Waals surface area (Å²) in [5.41, 5.74) is 1.23. The minimum Gasteiger partial charge on any atom is -0.385 e. The number of morpholine rings is 1. The smallest absolute Gasteiger partial charge is 0.0724 e. The number of rotatable bonds is 7. The van der Waals surface area contributed by atoms with Gasteiger partial charge in [-0.05, 0) is 25.3 Å². The molecule has 0 unspecified atom stereocenters. The lowest BCUT2D eigenvalue weighted by atomic mass is 10.2. The molecule has 1 aliphatic rings. The van der Waals surface area contributed by atoms with Gasteiger partial charge in [-0.25, -0.2) is 0 Å². The maximum absolute atomic E-state index is 5.74. The van der Waals surface area contributed by atoms with Crippen LogP contribution >= 0.6 is 0 Å². The lowest BCUT2D eigenvalue weighted by molar-refractivity contribution is -0.0411. The molecule has 5 nitrogen and oxygen atoms in total. The fourth-order valence-electron chi connectivity index (χ4n) is 2.45. The van der Waals surface area contributed by atoms with E-state index < -0.39 is 0 Å². The standard InChI is InChI=1S/C14H25N3O2/c1-13-10-15-17(11-13)6-3-5-16-7-9-19-14(12-16)4-8-18-2/h10-11,14H,3-9,12H2,1-2H3/t14-/m0/s1. The number of aromatic nitrogens is 2. The van der Waals surface area contributed by atoms with E-state index in [1.54, 1.807) is 7.11 Å². The van der Waals surface area contributed by atoms with Gasteiger partial charge in [-0.3, -0.25) is 9.58 Å². The molecule has 0 radical (unpaired) electrons. The van der Waals surface area contributed by atoms with Gasteiger partial charge in [0.05, 0.1) is 18.9 Å². The Kier molecular flexibility index (Phi) is 5.82. The highest BCUT2D eigenvalue weighted by atomic mass is 16.5. The third kappa shape index (κ3) is 4.93. The summed E-state index contributed by atoms with van der Waals surface area (Å²) in [5.74, 6) is 0. The molecule has 2 rings (SSSR count). The van der Waals surface area contributed by atoms with Crippen molar-refractivity contribution in [2.45, 2.75) is 32.4 Å². The first-order chi connectivity index (χ1) is 9.28. The van der Waals surface area contributed by atoms with Crippen molar-refractivity contribution >= 4 is 0 Å². The van der Waals surface area contributed by atoms with Crippen LogP contribution in [0.3, 0.4) is 0 Å². The lowest BCUT2D eigenvalue weighted by Crippen LogP contribution is -2.43. The predicted molar refractivity (Wildman–Crippen MR) is 74.3 cm³/mol. The number of nitrogens with zero attached hydrogens (tertiary/aromatic N) is 3. The second-order valence-corrected chi connectivity index (χ2v) is 5.21. The molecule has 108 valence electrons. The Bertz CT molecular complexity index is 367. The van der Waals surface area contributed by atoms with Gasteiger partial charge in [0.1, 0.15) is 0 Å². The molecule has 0 aliphatic carbocycles. The van der Waals surface area contributed by atoms with Crippen molar-refractivity contribution in [3.05, 3.63) is 18.0 Å². The molecule has 0 aromatic carbocycles. The van der Waals surface area contributed by atoms with Crippen LogP contribution in [-0.2, 0) is 16.0 Å². The van der Waals surface area contributed by atoms with Crippen molar-refractivity contribution in [3.63, 3.8) is 0 Å². The summed E-state index contributed by atoms with van der Waals surface area (Å²) in [6, 6.07) is 0. The second-order valence-electron chi connectivity index (χ2n) is 5.21. The van der Waals surface area contributed by atoms with E-state index in [4.69, 9.17) is 9.47 Å². The maximum atomic E-state index is 5.74. The van der Waals surface area contributed by atoms with Crippen molar-refractivity contribution in [2.75, 3.05) is 40.0 Å². The first kappa shape index (κ1) is 14.5. The fourth-order valence-corrected chi connectivity index (χ4v) is 2.45. The summed E-state index contributed by atoms with van der Waals surface area (Å²) in [6.45, 7) is 7.88. The summed E-state index contributed by atoms with van der Waals surface area (Å²) < 4.78 is 12.9. The zero-order valence-electron chi connectivity index (χ0n) is 12.0. The summed E-state index contributed by atoms with van der Waals surface area (Å²) >= 11 is 0. The molecule has 2 heterocycles. The number of ether oxygens (including phenoxy) is 2. The Labute approximate surface area is 115 Å². The molecule has 0 amide bonds. The quantitative estimate of drug-likeness (QED) is 0.747. The van der Waals surface area contributed by atoms with E-state index in [-0.39, 0.29) is 0 Å². The van der Waals surface area contributed by atoms with Gasteiger partial charge in [0.25, 0.3) is 0 Å². The van der Waals surface area contributed by atoms with Crippen LogP contribution < -0.4 is 0 Å². The van der Waals surface area contributed by atoms with E-state index in [1.165, 1.54) is 5.56 Å².